The maximum atomic E-state index is 11.3. The van der Waals surface area contributed by atoms with Gasteiger partial charge in [-0.2, -0.15) is 11.8 Å². The van der Waals surface area contributed by atoms with E-state index in [9.17, 15) is 4.79 Å². The van der Waals surface area contributed by atoms with Crippen molar-refractivity contribution in [3.8, 4) is 0 Å². The molecule has 2 N–H and O–H groups in total. The number of ether oxygens (including phenoxy) is 1. The summed E-state index contributed by atoms with van der Waals surface area (Å²) in [5.41, 5.74) is 0. The van der Waals surface area contributed by atoms with Crippen LogP contribution in [0.4, 0.5) is 0 Å². The fraction of sp³-hybridized carbons (Fsp3) is 0.900. The normalized spacial score (nSPS) is 16.9. The van der Waals surface area contributed by atoms with E-state index in [-0.39, 0.29) is 29.9 Å². The van der Waals surface area contributed by atoms with E-state index in [1.165, 1.54) is 7.11 Å². The third kappa shape index (κ3) is 4.86. The van der Waals surface area contributed by atoms with Crippen molar-refractivity contribution in [2.75, 3.05) is 20.0 Å². The van der Waals surface area contributed by atoms with Crippen LogP contribution in [0.15, 0.2) is 0 Å². The number of aliphatic hydroxyl groups excluding tert-OH is 1. The van der Waals surface area contributed by atoms with Crippen LogP contribution in [0.2, 0.25) is 0 Å². The van der Waals surface area contributed by atoms with Gasteiger partial charge < -0.3 is 15.2 Å². The van der Waals surface area contributed by atoms with E-state index in [0.717, 1.165) is 0 Å². The fourth-order valence-corrected chi connectivity index (χ4v) is 1.99. The predicted molar refractivity (Wildman–Crippen MR) is 63.1 cm³/mol. The molecule has 3 unspecified atom stereocenters. The number of rotatable bonds is 7. The molecule has 0 aromatic rings. The number of hydrogen-bond acceptors (Lipinski definition) is 5. The van der Waals surface area contributed by atoms with Crippen molar-refractivity contribution < 1.29 is 14.6 Å². The van der Waals surface area contributed by atoms with Crippen molar-refractivity contribution >= 4 is 17.7 Å². The molecular weight excluding hydrogens is 214 g/mol. The van der Waals surface area contributed by atoms with Gasteiger partial charge in [-0.05, 0) is 19.6 Å². The number of thioether (sulfide) groups is 1. The highest BCUT2D eigenvalue weighted by atomic mass is 32.2. The van der Waals surface area contributed by atoms with Gasteiger partial charge in [0.05, 0.1) is 13.7 Å². The highest BCUT2D eigenvalue weighted by molar-refractivity contribution is 7.99. The Labute approximate surface area is 95.8 Å². The van der Waals surface area contributed by atoms with Crippen molar-refractivity contribution in [1.29, 1.82) is 0 Å². The number of esters is 1. The third-order valence-electron chi connectivity index (χ3n) is 2.40. The molecule has 15 heavy (non-hydrogen) atoms. The molecular formula is C10H21NO3S. The maximum absolute atomic E-state index is 11.3. The average Bonchev–Trinajstić information content (AvgIpc) is 2.26. The van der Waals surface area contributed by atoms with Gasteiger partial charge >= 0.3 is 5.97 Å². The topological polar surface area (TPSA) is 58.6 Å². The van der Waals surface area contributed by atoms with Gasteiger partial charge in [-0.3, -0.25) is 4.79 Å². The summed E-state index contributed by atoms with van der Waals surface area (Å²) in [4.78, 5) is 11.3. The Morgan fingerprint density at radius 1 is 1.60 bits per heavy atom. The monoisotopic (exact) mass is 235 g/mol. The lowest BCUT2D eigenvalue weighted by molar-refractivity contribution is -0.143. The fourth-order valence-electron chi connectivity index (χ4n) is 1.36. The van der Waals surface area contributed by atoms with Crippen molar-refractivity contribution in [3.05, 3.63) is 0 Å². The van der Waals surface area contributed by atoms with Gasteiger partial charge in [0.1, 0.15) is 6.04 Å². The minimum absolute atomic E-state index is 0.0778. The van der Waals surface area contributed by atoms with Crippen molar-refractivity contribution in [2.24, 2.45) is 0 Å². The molecule has 0 aromatic heterocycles. The van der Waals surface area contributed by atoms with E-state index in [2.05, 4.69) is 10.1 Å². The number of methoxy groups -OCH3 is 1. The molecule has 0 fully saturated rings. The molecule has 0 aromatic carbocycles. The quantitative estimate of drug-likeness (QED) is 0.634. The Balaban J connectivity index is 4.22. The average molecular weight is 235 g/mol. The van der Waals surface area contributed by atoms with Gasteiger partial charge in [-0.1, -0.05) is 6.92 Å². The molecule has 90 valence electrons. The molecule has 0 amide bonds. The summed E-state index contributed by atoms with van der Waals surface area (Å²) in [5.74, 6) is -0.248. The Kier molecular flexibility index (Phi) is 7.82. The van der Waals surface area contributed by atoms with Gasteiger partial charge in [0.25, 0.3) is 0 Å². The van der Waals surface area contributed by atoms with Crippen LogP contribution in [-0.4, -0.2) is 48.4 Å². The van der Waals surface area contributed by atoms with Crippen LogP contribution in [0.25, 0.3) is 0 Å². The summed E-state index contributed by atoms with van der Waals surface area (Å²) in [7, 11) is 1.38. The van der Waals surface area contributed by atoms with E-state index < -0.39 is 0 Å². The molecule has 0 saturated carbocycles. The molecule has 0 radical (unpaired) electrons. The summed E-state index contributed by atoms with van der Waals surface area (Å²) in [5, 5.41) is 12.4. The highest BCUT2D eigenvalue weighted by Crippen LogP contribution is 2.11. The Hall–Kier alpha value is -0.260. The lowest BCUT2D eigenvalue weighted by Gasteiger charge is -2.25. The second-order valence-corrected chi connectivity index (χ2v) is 4.47. The highest BCUT2D eigenvalue weighted by Gasteiger charge is 2.23. The van der Waals surface area contributed by atoms with Crippen LogP contribution in [-0.2, 0) is 9.53 Å². The minimum atomic E-state index is -0.286. The Morgan fingerprint density at radius 2 is 2.20 bits per heavy atom. The number of aliphatic hydroxyl groups is 1. The van der Waals surface area contributed by atoms with E-state index >= 15 is 0 Å². The summed E-state index contributed by atoms with van der Waals surface area (Å²) < 4.78 is 4.68. The molecule has 0 heterocycles. The molecule has 0 spiro atoms. The first kappa shape index (κ1) is 14.7. The molecule has 0 aliphatic rings. The zero-order chi connectivity index (χ0) is 11.8. The van der Waals surface area contributed by atoms with Gasteiger partial charge in [0.15, 0.2) is 0 Å². The Bertz CT molecular complexity index is 186. The zero-order valence-corrected chi connectivity index (χ0v) is 10.6. The largest absolute Gasteiger partial charge is 0.468 e. The van der Waals surface area contributed by atoms with Crippen LogP contribution in [0.3, 0.4) is 0 Å². The number of carbonyl (C=O) groups excluding carboxylic acids is 1. The van der Waals surface area contributed by atoms with Crippen LogP contribution < -0.4 is 5.32 Å². The predicted octanol–water partition coefficient (Wildman–Crippen LogP) is 0.640. The summed E-state index contributed by atoms with van der Waals surface area (Å²) in [6, 6.07) is -0.208. The standard InChI is InChI=1S/C10H21NO3S/c1-5-8(10(13)14-3)11-7(2)9(6-12)15-4/h7-9,11-12H,5-6H2,1-4H3. The van der Waals surface area contributed by atoms with E-state index in [1.54, 1.807) is 11.8 Å². The number of nitrogens with one attached hydrogen (secondary N) is 1. The molecule has 3 atom stereocenters. The first-order chi connectivity index (χ1) is 7.10. The van der Waals surface area contributed by atoms with Gasteiger partial charge in [0.2, 0.25) is 0 Å². The molecule has 5 heteroatoms. The van der Waals surface area contributed by atoms with E-state index in [4.69, 9.17) is 5.11 Å². The van der Waals surface area contributed by atoms with E-state index in [1.807, 2.05) is 20.1 Å². The summed E-state index contributed by atoms with van der Waals surface area (Å²) >= 11 is 1.59. The molecule has 0 bridgehead atoms. The lowest BCUT2D eigenvalue weighted by Crippen LogP contribution is -2.47. The van der Waals surface area contributed by atoms with Crippen molar-refractivity contribution in [1.82, 2.24) is 5.32 Å². The molecule has 4 nitrogen and oxygen atoms in total. The van der Waals surface area contributed by atoms with Crippen molar-refractivity contribution in [2.45, 2.75) is 37.6 Å². The lowest BCUT2D eigenvalue weighted by atomic mass is 10.1. The molecule has 0 rings (SSSR count). The molecule has 0 saturated heterocycles. The second kappa shape index (κ2) is 7.96. The smallest absolute Gasteiger partial charge is 0.322 e. The van der Waals surface area contributed by atoms with Gasteiger partial charge in [0, 0.05) is 11.3 Å². The first-order valence-electron chi connectivity index (χ1n) is 5.08. The minimum Gasteiger partial charge on any atom is -0.468 e. The van der Waals surface area contributed by atoms with Crippen LogP contribution >= 0.6 is 11.8 Å². The first-order valence-corrected chi connectivity index (χ1v) is 6.36. The second-order valence-electron chi connectivity index (χ2n) is 3.40. The van der Waals surface area contributed by atoms with Gasteiger partial charge in [-0.15, -0.1) is 0 Å². The van der Waals surface area contributed by atoms with Crippen molar-refractivity contribution in [3.63, 3.8) is 0 Å². The Morgan fingerprint density at radius 3 is 2.53 bits per heavy atom. The maximum Gasteiger partial charge on any atom is 0.322 e. The third-order valence-corrected chi connectivity index (χ3v) is 3.56. The number of hydrogen-bond donors (Lipinski definition) is 2. The summed E-state index contributed by atoms with van der Waals surface area (Å²) in [6.45, 7) is 3.99. The van der Waals surface area contributed by atoms with Crippen LogP contribution in [0.5, 0.6) is 0 Å². The van der Waals surface area contributed by atoms with Gasteiger partial charge in [-0.25, -0.2) is 0 Å². The zero-order valence-electron chi connectivity index (χ0n) is 9.82. The van der Waals surface area contributed by atoms with Crippen LogP contribution in [0, 0.1) is 0 Å². The summed E-state index contributed by atoms with van der Waals surface area (Å²) in [6.07, 6.45) is 2.63. The SMILES string of the molecule is CCC(NC(C)C(CO)SC)C(=O)OC. The molecule has 0 aliphatic heterocycles. The number of carbonyl (C=O) groups is 1. The molecule has 0 aliphatic carbocycles. The van der Waals surface area contributed by atoms with E-state index in [0.29, 0.717) is 6.42 Å². The van der Waals surface area contributed by atoms with Crippen LogP contribution in [0.1, 0.15) is 20.3 Å².